The standard InChI is InChI=1S/C22H24N6O3S/c1-2-27-21(17-7-6-10-19(15-17)28(30)31)23-24-22(27)32-16-20(29)26-13-11-25(12-14-26)18-8-4-3-5-9-18/h3-10,15H,2,11-14,16H2,1H3. The van der Waals surface area contributed by atoms with Crippen molar-refractivity contribution < 1.29 is 9.72 Å². The van der Waals surface area contributed by atoms with Crippen LogP contribution in [-0.2, 0) is 11.3 Å². The molecule has 0 radical (unpaired) electrons. The van der Waals surface area contributed by atoms with Crippen molar-refractivity contribution >= 4 is 29.0 Å². The van der Waals surface area contributed by atoms with Crippen LogP contribution >= 0.6 is 11.8 Å². The van der Waals surface area contributed by atoms with Gasteiger partial charge < -0.3 is 14.4 Å². The molecule has 32 heavy (non-hydrogen) atoms. The fourth-order valence-electron chi connectivity index (χ4n) is 3.72. The van der Waals surface area contributed by atoms with Gasteiger partial charge in [0.1, 0.15) is 0 Å². The molecule has 1 amide bonds. The molecular formula is C22H24N6O3S. The molecule has 3 aromatic rings. The second-order valence-electron chi connectivity index (χ2n) is 7.35. The lowest BCUT2D eigenvalue weighted by molar-refractivity contribution is -0.384. The Balaban J connectivity index is 1.37. The number of nitro benzene ring substituents is 1. The minimum Gasteiger partial charge on any atom is -0.368 e. The number of amides is 1. The molecule has 10 heteroatoms. The number of aromatic nitrogens is 3. The number of hydrogen-bond donors (Lipinski definition) is 0. The minimum absolute atomic E-state index is 0.00665. The third-order valence-electron chi connectivity index (χ3n) is 5.43. The highest BCUT2D eigenvalue weighted by Gasteiger charge is 2.23. The number of anilines is 1. The van der Waals surface area contributed by atoms with E-state index >= 15 is 0 Å². The number of nitro groups is 1. The fourth-order valence-corrected chi connectivity index (χ4v) is 4.63. The van der Waals surface area contributed by atoms with Crippen molar-refractivity contribution in [1.82, 2.24) is 19.7 Å². The number of benzene rings is 2. The number of carbonyl (C=O) groups excluding carboxylic acids is 1. The Bertz CT molecular complexity index is 1100. The van der Waals surface area contributed by atoms with E-state index in [-0.39, 0.29) is 17.3 Å². The molecule has 0 saturated carbocycles. The van der Waals surface area contributed by atoms with Crippen LogP contribution in [0, 0.1) is 10.1 Å². The third kappa shape index (κ3) is 4.75. The van der Waals surface area contributed by atoms with E-state index in [1.165, 1.54) is 29.6 Å². The Morgan fingerprint density at radius 3 is 2.50 bits per heavy atom. The molecular weight excluding hydrogens is 428 g/mol. The largest absolute Gasteiger partial charge is 0.368 e. The van der Waals surface area contributed by atoms with Crippen LogP contribution in [0.3, 0.4) is 0 Å². The van der Waals surface area contributed by atoms with Gasteiger partial charge in [-0.15, -0.1) is 10.2 Å². The third-order valence-corrected chi connectivity index (χ3v) is 6.38. The molecule has 0 N–H and O–H groups in total. The van der Waals surface area contributed by atoms with Crippen molar-refractivity contribution in [2.24, 2.45) is 0 Å². The average Bonchev–Trinajstić information content (AvgIpc) is 3.26. The van der Waals surface area contributed by atoms with Gasteiger partial charge in [0.25, 0.3) is 5.69 Å². The Kier molecular flexibility index (Phi) is 6.69. The summed E-state index contributed by atoms with van der Waals surface area (Å²) in [4.78, 5) is 27.6. The highest BCUT2D eigenvalue weighted by molar-refractivity contribution is 7.99. The number of nitrogens with zero attached hydrogens (tertiary/aromatic N) is 6. The molecule has 2 heterocycles. The van der Waals surface area contributed by atoms with E-state index in [0.717, 1.165) is 13.1 Å². The number of hydrogen-bond acceptors (Lipinski definition) is 7. The monoisotopic (exact) mass is 452 g/mol. The Labute approximate surface area is 190 Å². The van der Waals surface area contributed by atoms with E-state index in [1.54, 1.807) is 12.1 Å². The second-order valence-corrected chi connectivity index (χ2v) is 8.29. The molecule has 0 spiro atoms. The molecule has 0 atom stereocenters. The zero-order chi connectivity index (χ0) is 22.5. The number of non-ortho nitro benzene ring substituents is 1. The van der Waals surface area contributed by atoms with Gasteiger partial charge in [0.15, 0.2) is 11.0 Å². The normalized spacial score (nSPS) is 13.9. The lowest BCUT2D eigenvalue weighted by Gasteiger charge is -2.36. The second kappa shape index (κ2) is 9.82. The lowest BCUT2D eigenvalue weighted by Crippen LogP contribution is -2.49. The summed E-state index contributed by atoms with van der Waals surface area (Å²) < 4.78 is 1.88. The van der Waals surface area contributed by atoms with Gasteiger partial charge in [-0.2, -0.15) is 0 Å². The fraction of sp³-hybridized carbons (Fsp3) is 0.318. The molecule has 1 aromatic heterocycles. The van der Waals surface area contributed by atoms with Gasteiger partial charge in [-0.25, -0.2) is 0 Å². The van der Waals surface area contributed by atoms with Crippen LogP contribution in [-0.4, -0.2) is 62.4 Å². The molecule has 9 nitrogen and oxygen atoms in total. The number of carbonyl (C=O) groups is 1. The summed E-state index contributed by atoms with van der Waals surface area (Å²) in [7, 11) is 0. The van der Waals surface area contributed by atoms with E-state index in [2.05, 4.69) is 27.2 Å². The molecule has 4 rings (SSSR count). The van der Waals surface area contributed by atoms with E-state index < -0.39 is 4.92 Å². The van der Waals surface area contributed by atoms with Crippen LogP contribution in [0.25, 0.3) is 11.4 Å². The molecule has 0 aliphatic carbocycles. The number of rotatable bonds is 7. The number of para-hydroxylation sites is 1. The summed E-state index contributed by atoms with van der Waals surface area (Å²) in [5.74, 6) is 0.909. The van der Waals surface area contributed by atoms with Gasteiger partial charge in [0, 0.05) is 56.1 Å². The molecule has 1 aliphatic heterocycles. The zero-order valence-electron chi connectivity index (χ0n) is 17.8. The maximum atomic E-state index is 12.8. The summed E-state index contributed by atoms with van der Waals surface area (Å²) in [6.07, 6.45) is 0. The summed E-state index contributed by atoms with van der Waals surface area (Å²) in [6, 6.07) is 16.6. The van der Waals surface area contributed by atoms with Crippen molar-refractivity contribution in [3.8, 4) is 11.4 Å². The van der Waals surface area contributed by atoms with Gasteiger partial charge >= 0.3 is 0 Å². The molecule has 1 aliphatic rings. The lowest BCUT2D eigenvalue weighted by atomic mass is 10.2. The molecule has 0 bridgehead atoms. The highest BCUT2D eigenvalue weighted by atomic mass is 32.2. The van der Waals surface area contributed by atoms with Gasteiger partial charge in [0.2, 0.25) is 5.91 Å². The topological polar surface area (TPSA) is 97.4 Å². The predicted octanol–water partition coefficient (Wildman–Crippen LogP) is 3.31. The van der Waals surface area contributed by atoms with E-state index in [1.807, 2.05) is 34.6 Å². The van der Waals surface area contributed by atoms with E-state index in [4.69, 9.17) is 0 Å². The first-order chi connectivity index (χ1) is 15.6. The quantitative estimate of drug-likeness (QED) is 0.308. The maximum absolute atomic E-state index is 12.8. The van der Waals surface area contributed by atoms with Gasteiger partial charge in [-0.1, -0.05) is 42.1 Å². The predicted molar refractivity (Wildman–Crippen MR) is 124 cm³/mol. The molecule has 0 unspecified atom stereocenters. The summed E-state index contributed by atoms with van der Waals surface area (Å²) in [6.45, 7) is 5.54. The van der Waals surface area contributed by atoms with Crippen LogP contribution in [0.4, 0.5) is 11.4 Å². The summed E-state index contributed by atoms with van der Waals surface area (Å²) in [5, 5.41) is 20.2. The minimum atomic E-state index is -0.429. The highest BCUT2D eigenvalue weighted by Crippen LogP contribution is 2.27. The van der Waals surface area contributed by atoms with Crippen LogP contribution < -0.4 is 4.90 Å². The first-order valence-corrected chi connectivity index (χ1v) is 11.4. The van der Waals surface area contributed by atoms with Crippen molar-refractivity contribution in [2.45, 2.75) is 18.6 Å². The van der Waals surface area contributed by atoms with Gasteiger partial charge in [-0.3, -0.25) is 14.9 Å². The van der Waals surface area contributed by atoms with Crippen LogP contribution in [0.2, 0.25) is 0 Å². The van der Waals surface area contributed by atoms with Crippen LogP contribution in [0.15, 0.2) is 59.8 Å². The zero-order valence-corrected chi connectivity index (χ0v) is 18.6. The Morgan fingerprint density at radius 2 is 1.81 bits per heavy atom. The van der Waals surface area contributed by atoms with Crippen molar-refractivity contribution in [3.05, 3.63) is 64.7 Å². The van der Waals surface area contributed by atoms with E-state index in [0.29, 0.717) is 36.2 Å². The SMILES string of the molecule is CCn1c(SCC(=O)N2CCN(c3ccccc3)CC2)nnc1-c1cccc([N+](=O)[O-])c1. The van der Waals surface area contributed by atoms with Crippen molar-refractivity contribution in [3.63, 3.8) is 0 Å². The average molecular weight is 453 g/mol. The van der Waals surface area contributed by atoms with Crippen molar-refractivity contribution in [1.29, 1.82) is 0 Å². The van der Waals surface area contributed by atoms with Crippen molar-refractivity contribution in [2.75, 3.05) is 36.8 Å². The molecule has 2 aromatic carbocycles. The molecule has 1 saturated heterocycles. The van der Waals surface area contributed by atoms with Gasteiger partial charge in [0.05, 0.1) is 10.7 Å². The first-order valence-electron chi connectivity index (χ1n) is 10.5. The Hall–Kier alpha value is -3.40. The number of thioether (sulfide) groups is 1. The van der Waals surface area contributed by atoms with Gasteiger partial charge in [-0.05, 0) is 19.1 Å². The molecule has 1 fully saturated rings. The smallest absolute Gasteiger partial charge is 0.270 e. The van der Waals surface area contributed by atoms with E-state index in [9.17, 15) is 14.9 Å². The first kappa shape index (κ1) is 21.8. The number of piperazine rings is 1. The summed E-state index contributed by atoms with van der Waals surface area (Å²) in [5.41, 5.74) is 1.81. The van der Waals surface area contributed by atoms with Crippen LogP contribution in [0.5, 0.6) is 0 Å². The summed E-state index contributed by atoms with van der Waals surface area (Å²) >= 11 is 1.35. The Morgan fingerprint density at radius 1 is 1.06 bits per heavy atom. The van der Waals surface area contributed by atoms with Crippen LogP contribution in [0.1, 0.15) is 6.92 Å². The maximum Gasteiger partial charge on any atom is 0.270 e. The molecule has 166 valence electrons.